The lowest BCUT2D eigenvalue weighted by atomic mass is 9.98. The second-order valence-electron chi connectivity index (χ2n) is 5.01. The Bertz CT molecular complexity index is 558. The van der Waals surface area contributed by atoms with Crippen LogP contribution in [-0.4, -0.2) is 29.1 Å². The zero-order chi connectivity index (χ0) is 15.5. The first kappa shape index (κ1) is 15.6. The van der Waals surface area contributed by atoms with E-state index in [9.17, 15) is 19.1 Å². The number of carboxylic acids is 1. The molecular weight excluding hydrogens is 301 g/mol. The summed E-state index contributed by atoms with van der Waals surface area (Å²) in [5.41, 5.74) is -1.19. The lowest BCUT2D eigenvalue weighted by Gasteiger charge is -2.25. The molecule has 1 aromatic rings. The van der Waals surface area contributed by atoms with E-state index in [1.54, 1.807) is 0 Å². The van der Waals surface area contributed by atoms with Crippen LogP contribution in [0.1, 0.15) is 25.7 Å². The van der Waals surface area contributed by atoms with Crippen LogP contribution in [-0.2, 0) is 9.59 Å². The highest BCUT2D eigenvalue weighted by Crippen LogP contribution is 2.30. The number of ether oxygens (including phenoxy) is 1. The molecular formula is C14H15ClFNO4. The van der Waals surface area contributed by atoms with Crippen molar-refractivity contribution >= 4 is 23.5 Å². The number of nitrogens with one attached hydrogen (secondary N) is 1. The van der Waals surface area contributed by atoms with Gasteiger partial charge in [-0.25, -0.2) is 9.18 Å². The predicted molar refractivity (Wildman–Crippen MR) is 73.9 cm³/mol. The molecule has 7 heteroatoms. The Morgan fingerprint density at radius 1 is 1.38 bits per heavy atom. The largest absolute Gasteiger partial charge is 0.484 e. The maximum atomic E-state index is 13.0. The molecule has 2 N–H and O–H groups in total. The number of carbonyl (C=O) groups excluding carboxylic acids is 1. The van der Waals surface area contributed by atoms with Crippen LogP contribution in [0.25, 0.3) is 0 Å². The van der Waals surface area contributed by atoms with Crippen molar-refractivity contribution in [2.45, 2.75) is 31.2 Å². The highest BCUT2D eigenvalue weighted by atomic mass is 35.5. The summed E-state index contributed by atoms with van der Waals surface area (Å²) in [6.07, 6.45) is 2.36. The van der Waals surface area contributed by atoms with Gasteiger partial charge in [0.15, 0.2) is 6.61 Å². The Labute approximate surface area is 126 Å². The van der Waals surface area contributed by atoms with E-state index < -0.39 is 23.2 Å². The highest BCUT2D eigenvalue weighted by Gasteiger charge is 2.42. The fraction of sp³-hybridized carbons (Fsp3) is 0.429. The van der Waals surface area contributed by atoms with Gasteiger partial charge in [-0.2, -0.15) is 0 Å². The summed E-state index contributed by atoms with van der Waals surface area (Å²) in [6.45, 7) is -0.350. The van der Waals surface area contributed by atoms with E-state index in [0.717, 1.165) is 18.9 Å². The van der Waals surface area contributed by atoms with Gasteiger partial charge in [-0.1, -0.05) is 24.4 Å². The van der Waals surface area contributed by atoms with Crippen molar-refractivity contribution in [1.29, 1.82) is 0 Å². The zero-order valence-corrected chi connectivity index (χ0v) is 12.0. The Hall–Kier alpha value is -1.82. The molecule has 21 heavy (non-hydrogen) atoms. The summed E-state index contributed by atoms with van der Waals surface area (Å²) in [7, 11) is 0. The van der Waals surface area contributed by atoms with Gasteiger partial charge in [-0.3, -0.25) is 4.79 Å². The van der Waals surface area contributed by atoms with Gasteiger partial charge in [0, 0.05) is 6.07 Å². The fourth-order valence-corrected chi connectivity index (χ4v) is 2.56. The van der Waals surface area contributed by atoms with Gasteiger partial charge in [0.25, 0.3) is 5.91 Å². The van der Waals surface area contributed by atoms with Crippen molar-refractivity contribution in [1.82, 2.24) is 5.32 Å². The summed E-state index contributed by atoms with van der Waals surface area (Å²) in [4.78, 5) is 23.1. The molecule has 0 atom stereocenters. The van der Waals surface area contributed by atoms with E-state index in [0.29, 0.717) is 12.8 Å². The quantitative estimate of drug-likeness (QED) is 0.874. The third kappa shape index (κ3) is 3.64. The van der Waals surface area contributed by atoms with Crippen LogP contribution < -0.4 is 10.1 Å². The Kier molecular flexibility index (Phi) is 4.67. The van der Waals surface area contributed by atoms with Crippen LogP contribution in [0.15, 0.2) is 18.2 Å². The van der Waals surface area contributed by atoms with E-state index >= 15 is 0 Å². The molecule has 0 unspecified atom stereocenters. The van der Waals surface area contributed by atoms with Gasteiger partial charge >= 0.3 is 5.97 Å². The predicted octanol–water partition coefficient (Wildman–Crippen LogP) is 2.37. The van der Waals surface area contributed by atoms with E-state index in [1.165, 1.54) is 12.1 Å². The number of hydrogen-bond donors (Lipinski definition) is 2. The molecule has 0 aromatic heterocycles. The molecule has 1 amide bonds. The zero-order valence-electron chi connectivity index (χ0n) is 11.2. The summed E-state index contributed by atoms with van der Waals surface area (Å²) in [6, 6.07) is 3.73. The molecule has 0 bridgehead atoms. The molecule has 0 aliphatic heterocycles. The van der Waals surface area contributed by atoms with Gasteiger partial charge in [-0.05, 0) is 25.0 Å². The normalized spacial score (nSPS) is 16.5. The minimum absolute atomic E-state index is 0.106. The Balaban J connectivity index is 1.92. The van der Waals surface area contributed by atoms with Crippen LogP contribution >= 0.6 is 11.6 Å². The summed E-state index contributed by atoms with van der Waals surface area (Å²) in [5, 5.41) is 11.7. The second kappa shape index (κ2) is 6.30. The van der Waals surface area contributed by atoms with Crippen molar-refractivity contribution < 1.29 is 23.8 Å². The second-order valence-corrected chi connectivity index (χ2v) is 5.41. The van der Waals surface area contributed by atoms with Crippen molar-refractivity contribution in [3.63, 3.8) is 0 Å². The van der Waals surface area contributed by atoms with Crippen molar-refractivity contribution in [3.8, 4) is 5.75 Å². The topological polar surface area (TPSA) is 75.6 Å². The number of rotatable bonds is 5. The molecule has 5 nitrogen and oxygen atoms in total. The lowest BCUT2D eigenvalue weighted by molar-refractivity contribution is -0.147. The monoisotopic (exact) mass is 315 g/mol. The van der Waals surface area contributed by atoms with Gasteiger partial charge in [0.05, 0.1) is 5.02 Å². The van der Waals surface area contributed by atoms with Crippen LogP contribution in [0.2, 0.25) is 5.02 Å². The summed E-state index contributed by atoms with van der Waals surface area (Å²) < 4.78 is 18.2. The first-order chi connectivity index (χ1) is 9.93. The average molecular weight is 316 g/mol. The van der Waals surface area contributed by atoms with E-state index in [-0.39, 0.29) is 17.4 Å². The van der Waals surface area contributed by atoms with Gasteiger partial charge in [0.1, 0.15) is 17.1 Å². The highest BCUT2D eigenvalue weighted by molar-refractivity contribution is 6.30. The number of carboxylic acid groups (broad SMARTS) is 1. The number of hydrogen-bond acceptors (Lipinski definition) is 3. The standard InChI is InChI=1S/C14H15ClFNO4/c15-10-7-9(3-4-11(10)16)21-8-12(18)17-14(13(19)20)5-1-2-6-14/h3-4,7H,1-2,5-6,8H2,(H,17,18)(H,19,20). The smallest absolute Gasteiger partial charge is 0.329 e. The first-order valence-corrected chi connectivity index (χ1v) is 6.93. The molecule has 1 aliphatic carbocycles. The van der Waals surface area contributed by atoms with E-state index in [4.69, 9.17) is 16.3 Å². The molecule has 1 aromatic carbocycles. The number of carbonyl (C=O) groups is 2. The minimum Gasteiger partial charge on any atom is -0.484 e. The van der Waals surface area contributed by atoms with Crippen LogP contribution in [0.5, 0.6) is 5.75 Å². The SMILES string of the molecule is O=C(COc1ccc(F)c(Cl)c1)NC1(C(=O)O)CCCC1. The number of amides is 1. The molecule has 114 valence electrons. The fourth-order valence-electron chi connectivity index (χ4n) is 2.39. The molecule has 0 radical (unpaired) electrons. The van der Waals surface area contributed by atoms with Crippen LogP contribution in [0.3, 0.4) is 0 Å². The van der Waals surface area contributed by atoms with Crippen molar-refractivity contribution in [3.05, 3.63) is 29.0 Å². The minimum atomic E-state index is -1.19. The number of halogens is 2. The lowest BCUT2D eigenvalue weighted by Crippen LogP contribution is -2.53. The molecule has 0 saturated heterocycles. The Morgan fingerprint density at radius 3 is 2.62 bits per heavy atom. The average Bonchev–Trinajstić information content (AvgIpc) is 2.90. The maximum Gasteiger partial charge on any atom is 0.329 e. The van der Waals surface area contributed by atoms with Gasteiger partial charge in [-0.15, -0.1) is 0 Å². The van der Waals surface area contributed by atoms with Crippen LogP contribution in [0, 0.1) is 5.82 Å². The third-order valence-electron chi connectivity index (χ3n) is 3.51. The molecule has 2 rings (SSSR count). The molecule has 0 spiro atoms. The Morgan fingerprint density at radius 2 is 2.05 bits per heavy atom. The summed E-state index contributed by atoms with van der Waals surface area (Å²) >= 11 is 5.60. The van der Waals surface area contributed by atoms with Crippen molar-refractivity contribution in [2.24, 2.45) is 0 Å². The molecule has 1 fully saturated rings. The van der Waals surface area contributed by atoms with Crippen molar-refractivity contribution in [2.75, 3.05) is 6.61 Å². The third-order valence-corrected chi connectivity index (χ3v) is 3.80. The molecule has 1 aliphatic rings. The maximum absolute atomic E-state index is 13.0. The van der Waals surface area contributed by atoms with Gasteiger partial charge < -0.3 is 15.2 Å². The molecule has 1 saturated carbocycles. The van der Waals surface area contributed by atoms with E-state index in [2.05, 4.69) is 5.32 Å². The first-order valence-electron chi connectivity index (χ1n) is 6.55. The van der Waals surface area contributed by atoms with Crippen LogP contribution in [0.4, 0.5) is 4.39 Å². The molecule has 0 heterocycles. The van der Waals surface area contributed by atoms with E-state index in [1.807, 2.05) is 0 Å². The summed E-state index contributed by atoms with van der Waals surface area (Å²) in [5.74, 6) is -1.89. The number of aliphatic carboxylic acids is 1. The number of benzene rings is 1. The van der Waals surface area contributed by atoms with Gasteiger partial charge in [0.2, 0.25) is 0 Å².